The summed E-state index contributed by atoms with van der Waals surface area (Å²) in [5.74, 6) is 1.27. The van der Waals surface area contributed by atoms with Gasteiger partial charge in [0.05, 0.1) is 7.57 Å². The molecule has 0 saturated carbocycles. The first kappa shape index (κ1) is 26.7. The van der Waals surface area contributed by atoms with E-state index in [4.69, 9.17) is 0 Å². The fourth-order valence-electron chi connectivity index (χ4n) is 5.81. The Labute approximate surface area is 242 Å². The molecule has 0 aliphatic heterocycles. The Hall–Kier alpha value is -0.940. The maximum atomic E-state index is 3.80. The number of halogens is 2. The first-order valence-electron chi connectivity index (χ1n) is 13.7. The van der Waals surface area contributed by atoms with Crippen molar-refractivity contribution in [2.24, 2.45) is 11.8 Å². The average Bonchev–Trinajstić information content (AvgIpc) is 3.58. The van der Waals surface area contributed by atoms with Crippen LogP contribution < -0.4 is 0 Å². The van der Waals surface area contributed by atoms with Crippen molar-refractivity contribution in [2.45, 2.75) is 79.1 Å². The molecular weight excluding hydrogens is 608 g/mol. The van der Waals surface area contributed by atoms with Gasteiger partial charge < -0.3 is 0 Å². The third-order valence-corrected chi connectivity index (χ3v) is 11.3. The van der Waals surface area contributed by atoms with Crippen LogP contribution in [-0.2, 0) is 0 Å². The molecule has 2 aromatic heterocycles. The molecule has 36 heavy (non-hydrogen) atoms. The van der Waals surface area contributed by atoms with Gasteiger partial charge in [-0.25, -0.2) is 0 Å². The molecule has 0 nitrogen and oxygen atoms in total. The van der Waals surface area contributed by atoms with Crippen molar-refractivity contribution < 1.29 is 0 Å². The van der Waals surface area contributed by atoms with Crippen molar-refractivity contribution in [1.29, 1.82) is 0 Å². The first-order valence-corrected chi connectivity index (χ1v) is 16.9. The molecule has 4 heteroatoms. The lowest BCUT2D eigenvalue weighted by atomic mass is 9.90. The third-order valence-electron chi connectivity index (χ3n) is 7.92. The highest BCUT2D eigenvalue weighted by atomic mass is 79.9. The maximum Gasteiger partial charge on any atom is 0.0711 e. The molecule has 0 amide bonds. The van der Waals surface area contributed by atoms with Crippen LogP contribution in [0.15, 0.2) is 44.0 Å². The molecule has 0 N–H and O–H groups in total. The third kappa shape index (κ3) is 4.93. The smallest absolute Gasteiger partial charge is 0.0711 e. The summed E-state index contributed by atoms with van der Waals surface area (Å²) in [6.07, 6.45) is 15.3. The molecule has 0 bridgehead atoms. The fraction of sp³-hybridized carbons (Fsp3) is 0.438. The van der Waals surface area contributed by atoms with Gasteiger partial charge in [-0.2, -0.15) is 0 Å². The van der Waals surface area contributed by atoms with E-state index >= 15 is 0 Å². The number of rotatable bonds is 10. The number of unbranched alkanes of at least 4 members (excludes halogenated alkanes) is 2. The summed E-state index contributed by atoms with van der Waals surface area (Å²) in [4.78, 5) is 2.87. The van der Waals surface area contributed by atoms with E-state index in [0.29, 0.717) is 11.8 Å². The van der Waals surface area contributed by atoms with Crippen LogP contribution in [0.5, 0.6) is 0 Å². The van der Waals surface area contributed by atoms with Gasteiger partial charge in [0, 0.05) is 32.0 Å². The van der Waals surface area contributed by atoms with E-state index in [2.05, 4.69) is 96.0 Å². The number of benzene rings is 1. The quantitative estimate of drug-likeness (QED) is 0.142. The summed E-state index contributed by atoms with van der Waals surface area (Å²) in [5, 5.41) is 0. The van der Waals surface area contributed by atoms with Gasteiger partial charge in [-0.15, -0.1) is 22.7 Å². The Morgan fingerprint density at radius 3 is 1.39 bits per heavy atom. The van der Waals surface area contributed by atoms with E-state index in [9.17, 15) is 0 Å². The van der Waals surface area contributed by atoms with Gasteiger partial charge in [-0.1, -0.05) is 65.5 Å². The standard InChI is InChI=1S/C32H36Br2S2/c1-5-9-11-19(7-3)13-21-23-15-26-24(16-25(23)31-27(21)17-29(33)35-31)22(14-20(8-4)12-10-6-2)28-18-30(34)36-32(26)28/h13-20H,5-12H2,1-4H3. The second-order valence-electron chi connectivity index (χ2n) is 10.3. The van der Waals surface area contributed by atoms with Crippen LogP contribution in [0.2, 0.25) is 0 Å². The highest BCUT2D eigenvalue weighted by Crippen LogP contribution is 2.57. The topological polar surface area (TPSA) is 0 Å². The van der Waals surface area contributed by atoms with Gasteiger partial charge in [0.15, 0.2) is 0 Å². The van der Waals surface area contributed by atoms with Gasteiger partial charge in [0.25, 0.3) is 0 Å². The number of hydrogen-bond acceptors (Lipinski definition) is 2. The van der Waals surface area contributed by atoms with Crippen molar-refractivity contribution in [2.75, 3.05) is 0 Å². The summed E-state index contributed by atoms with van der Waals surface area (Å²) in [6, 6.07) is 9.76. The largest absolute Gasteiger partial charge is 0.128 e. The average molecular weight is 645 g/mol. The zero-order valence-corrected chi connectivity index (χ0v) is 26.7. The highest BCUT2D eigenvalue weighted by Gasteiger charge is 2.33. The SMILES string of the molecule is CCCCC(C=C1c2cc3c(cc2-c2sc(Br)cc21)C(=CC(CC)CCCC)c1cc(Br)sc1-3)CC. The van der Waals surface area contributed by atoms with Gasteiger partial charge in [-0.3, -0.25) is 0 Å². The van der Waals surface area contributed by atoms with Crippen LogP contribution in [0.25, 0.3) is 32.0 Å². The number of hydrogen-bond donors (Lipinski definition) is 0. The van der Waals surface area contributed by atoms with Crippen molar-refractivity contribution in [1.82, 2.24) is 0 Å². The molecular formula is C32H36Br2S2. The van der Waals surface area contributed by atoms with E-state index in [1.165, 1.54) is 113 Å². The molecule has 1 aromatic carbocycles. The molecule has 2 aliphatic rings. The summed E-state index contributed by atoms with van der Waals surface area (Å²) >= 11 is 11.4. The number of fused-ring (bicyclic) bond motifs is 6. The van der Waals surface area contributed by atoms with Gasteiger partial charge >= 0.3 is 0 Å². The van der Waals surface area contributed by atoms with E-state index in [1.807, 2.05) is 22.7 Å². The zero-order valence-electron chi connectivity index (χ0n) is 21.8. The number of allylic oxidation sites excluding steroid dienone is 2. The normalized spacial score (nSPS) is 17.4. The van der Waals surface area contributed by atoms with Crippen LogP contribution in [0.3, 0.4) is 0 Å². The predicted octanol–water partition coefficient (Wildman–Crippen LogP) is 12.6. The van der Waals surface area contributed by atoms with Crippen LogP contribution in [0.4, 0.5) is 0 Å². The van der Waals surface area contributed by atoms with Gasteiger partial charge in [0.2, 0.25) is 0 Å². The van der Waals surface area contributed by atoms with Crippen LogP contribution in [-0.4, -0.2) is 0 Å². The Kier molecular flexibility index (Phi) is 8.47. The lowest BCUT2D eigenvalue weighted by Crippen LogP contribution is -1.97. The van der Waals surface area contributed by atoms with E-state index in [0.717, 1.165) is 0 Å². The van der Waals surface area contributed by atoms with Crippen molar-refractivity contribution in [3.63, 3.8) is 0 Å². The van der Waals surface area contributed by atoms with Gasteiger partial charge in [0.1, 0.15) is 0 Å². The molecule has 0 fully saturated rings. The van der Waals surface area contributed by atoms with Crippen LogP contribution in [0, 0.1) is 11.8 Å². The van der Waals surface area contributed by atoms with E-state index in [1.54, 1.807) is 0 Å². The first-order chi connectivity index (χ1) is 17.5. The fourth-order valence-corrected chi connectivity index (χ4v) is 9.10. The molecule has 0 radical (unpaired) electrons. The monoisotopic (exact) mass is 642 g/mol. The van der Waals surface area contributed by atoms with Crippen molar-refractivity contribution >= 4 is 65.7 Å². The summed E-state index contributed by atoms with van der Waals surface area (Å²) in [5.41, 5.74) is 11.5. The summed E-state index contributed by atoms with van der Waals surface area (Å²) in [6.45, 7) is 9.29. The predicted molar refractivity (Wildman–Crippen MR) is 169 cm³/mol. The molecule has 3 aromatic rings. The number of thiophene rings is 2. The van der Waals surface area contributed by atoms with Crippen LogP contribution in [0.1, 0.15) is 101 Å². The molecule has 2 aliphatic carbocycles. The molecule has 0 spiro atoms. The highest BCUT2D eigenvalue weighted by molar-refractivity contribution is 9.11. The lowest BCUT2D eigenvalue weighted by Gasteiger charge is -2.14. The second kappa shape index (κ2) is 11.4. The molecule has 5 rings (SSSR count). The minimum absolute atomic E-state index is 0.636. The zero-order chi connectivity index (χ0) is 25.4. The molecule has 0 saturated heterocycles. The van der Waals surface area contributed by atoms with Crippen molar-refractivity contribution in [3.05, 3.63) is 66.2 Å². The minimum atomic E-state index is 0.636. The second-order valence-corrected chi connectivity index (χ2v) is 15.2. The summed E-state index contributed by atoms with van der Waals surface area (Å²) < 4.78 is 2.46. The Bertz CT molecular complexity index is 1220. The minimum Gasteiger partial charge on any atom is -0.128 e. The summed E-state index contributed by atoms with van der Waals surface area (Å²) in [7, 11) is 0. The lowest BCUT2D eigenvalue weighted by molar-refractivity contribution is 0.541. The Balaban J connectivity index is 1.67. The van der Waals surface area contributed by atoms with Crippen LogP contribution >= 0.6 is 54.5 Å². The molecule has 2 heterocycles. The Morgan fingerprint density at radius 2 is 1.03 bits per heavy atom. The molecule has 2 unspecified atom stereocenters. The Morgan fingerprint density at radius 1 is 0.611 bits per heavy atom. The van der Waals surface area contributed by atoms with Gasteiger partial charge in [-0.05, 0) is 116 Å². The maximum absolute atomic E-state index is 3.80. The molecule has 2 atom stereocenters. The van der Waals surface area contributed by atoms with E-state index < -0.39 is 0 Å². The van der Waals surface area contributed by atoms with E-state index in [-0.39, 0.29) is 0 Å². The van der Waals surface area contributed by atoms with Crippen molar-refractivity contribution in [3.8, 4) is 20.9 Å². The molecule has 190 valence electrons.